The Morgan fingerprint density at radius 3 is 2.15 bits per heavy atom. The fourth-order valence-corrected chi connectivity index (χ4v) is 5.81. The maximum atomic E-state index is 9.84. The van der Waals surface area contributed by atoms with Crippen molar-refractivity contribution in [3.05, 3.63) is 35.4 Å². The van der Waals surface area contributed by atoms with Gasteiger partial charge in [-0.25, -0.2) is 0 Å². The van der Waals surface area contributed by atoms with Crippen LogP contribution in [0.2, 0.25) is 0 Å². The predicted molar refractivity (Wildman–Crippen MR) is 80.1 cm³/mol. The van der Waals surface area contributed by atoms with Gasteiger partial charge >= 0.3 is 0 Å². The van der Waals surface area contributed by atoms with Gasteiger partial charge < -0.3 is 0 Å². The third-order valence-corrected chi connectivity index (χ3v) is 6.35. The van der Waals surface area contributed by atoms with Gasteiger partial charge in [-0.3, -0.25) is 0 Å². The minimum absolute atomic E-state index is 0.131. The summed E-state index contributed by atoms with van der Waals surface area (Å²) in [6.45, 7) is 2.16. The Morgan fingerprint density at radius 1 is 1.00 bits per heavy atom. The first kappa shape index (κ1) is 12.5. The summed E-state index contributed by atoms with van der Waals surface area (Å²) in [5.74, 6) is 4.40. The van der Waals surface area contributed by atoms with Crippen molar-refractivity contribution in [1.82, 2.24) is 0 Å². The molecule has 1 heteroatoms. The lowest BCUT2D eigenvalue weighted by Crippen LogP contribution is -2.47. The molecule has 4 saturated carbocycles. The monoisotopic (exact) mass is 265 g/mol. The van der Waals surface area contributed by atoms with E-state index in [1.165, 1.54) is 43.2 Å². The van der Waals surface area contributed by atoms with Gasteiger partial charge in [-0.15, -0.1) is 0 Å². The lowest BCUT2D eigenvalue weighted by molar-refractivity contribution is -0.0412. The largest absolute Gasteiger partial charge is 0.198 e. The van der Waals surface area contributed by atoms with Crippen LogP contribution < -0.4 is 0 Å². The molecule has 1 aromatic carbocycles. The lowest BCUT2D eigenvalue weighted by atomic mass is 9.49. The summed E-state index contributed by atoms with van der Waals surface area (Å²) < 4.78 is 0. The maximum absolute atomic E-state index is 9.84. The summed E-state index contributed by atoms with van der Waals surface area (Å²) in [7, 11) is 0. The van der Waals surface area contributed by atoms with Crippen molar-refractivity contribution in [1.29, 1.82) is 5.26 Å². The van der Waals surface area contributed by atoms with Crippen LogP contribution in [0.15, 0.2) is 24.3 Å². The smallest absolute Gasteiger partial charge is 0.0748 e. The molecule has 4 aliphatic carbocycles. The number of hydrogen-bond acceptors (Lipinski definition) is 1. The minimum atomic E-state index is 0.131. The number of nitriles is 1. The molecule has 0 heterocycles. The summed E-state index contributed by atoms with van der Waals surface area (Å²) in [4.78, 5) is 0. The van der Waals surface area contributed by atoms with Crippen LogP contribution in [0, 0.1) is 47.8 Å². The van der Waals surface area contributed by atoms with E-state index in [-0.39, 0.29) is 5.92 Å². The van der Waals surface area contributed by atoms with E-state index in [0.29, 0.717) is 5.92 Å². The zero-order valence-corrected chi connectivity index (χ0v) is 12.3. The van der Waals surface area contributed by atoms with Crippen LogP contribution in [-0.4, -0.2) is 0 Å². The fraction of sp³-hybridized carbons (Fsp3) is 0.632. The van der Waals surface area contributed by atoms with Crippen molar-refractivity contribution in [2.45, 2.75) is 44.9 Å². The Hall–Kier alpha value is -1.29. The Labute approximate surface area is 122 Å². The summed E-state index contributed by atoms with van der Waals surface area (Å²) in [6.07, 6.45) is 7.11. The SMILES string of the molecule is Cc1ccccc1C(C#N)C1C2CC3CC(C2)CC1C3. The molecule has 4 bridgehead atoms. The van der Waals surface area contributed by atoms with E-state index in [9.17, 15) is 5.26 Å². The molecule has 0 radical (unpaired) electrons. The van der Waals surface area contributed by atoms with Crippen LogP contribution >= 0.6 is 0 Å². The summed E-state index contributed by atoms with van der Waals surface area (Å²) >= 11 is 0. The summed E-state index contributed by atoms with van der Waals surface area (Å²) in [5.41, 5.74) is 2.60. The highest BCUT2D eigenvalue weighted by Crippen LogP contribution is 2.59. The first-order valence-electron chi connectivity index (χ1n) is 8.21. The molecular weight excluding hydrogens is 242 g/mol. The van der Waals surface area contributed by atoms with Gasteiger partial charge in [0.2, 0.25) is 0 Å². The van der Waals surface area contributed by atoms with Gasteiger partial charge in [0.25, 0.3) is 0 Å². The molecular formula is C19H23N. The number of benzene rings is 1. The van der Waals surface area contributed by atoms with E-state index < -0.39 is 0 Å². The molecule has 1 aromatic rings. The lowest BCUT2D eigenvalue weighted by Gasteiger charge is -2.55. The van der Waals surface area contributed by atoms with Gasteiger partial charge in [-0.1, -0.05) is 24.3 Å². The first-order chi connectivity index (χ1) is 9.76. The number of rotatable bonds is 2. The Bertz CT molecular complexity index is 525. The van der Waals surface area contributed by atoms with Gasteiger partial charge in [0, 0.05) is 0 Å². The van der Waals surface area contributed by atoms with E-state index in [2.05, 4.69) is 37.3 Å². The van der Waals surface area contributed by atoms with Crippen molar-refractivity contribution in [3.8, 4) is 6.07 Å². The second-order valence-electron chi connectivity index (χ2n) is 7.47. The van der Waals surface area contributed by atoms with Crippen LogP contribution in [0.4, 0.5) is 0 Å². The zero-order valence-electron chi connectivity index (χ0n) is 12.3. The van der Waals surface area contributed by atoms with Crippen molar-refractivity contribution in [3.63, 3.8) is 0 Å². The second-order valence-corrected chi connectivity index (χ2v) is 7.47. The van der Waals surface area contributed by atoms with Crippen molar-refractivity contribution >= 4 is 0 Å². The van der Waals surface area contributed by atoms with Crippen LogP contribution in [0.3, 0.4) is 0 Å². The molecule has 0 aliphatic heterocycles. The molecule has 4 aliphatic rings. The summed E-state index contributed by atoms with van der Waals surface area (Å²) in [5, 5.41) is 9.84. The fourth-order valence-electron chi connectivity index (χ4n) is 5.81. The highest BCUT2D eigenvalue weighted by atomic mass is 14.6. The molecule has 5 rings (SSSR count). The molecule has 0 N–H and O–H groups in total. The van der Waals surface area contributed by atoms with Gasteiger partial charge in [-0.2, -0.15) is 5.26 Å². The molecule has 1 atom stereocenters. The van der Waals surface area contributed by atoms with Gasteiger partial charge in [0.15, 0.2) is 0 Å². The van der Waals surface area contributed by atoms with Gasteiger partial charge in [0.1, 0.15) is 0 Å². The van der Waals surface area contributed by atoms with Crippen LogP contribution in [0.25, 0.3) is 0 Å². The van der Waals surface area contributed by atoms with Crippen molar-refractivity contribution < 1.29 is 0 Å². The molecule has 1 nitrogen and oxygen atoms in total. The van der Waals surface area contributed by atoms with Gasteiger partial charge in [0.05, 0.1) is 12.0 Å². The standard InChI is InChI=1S/C19H23N/c1-12-4-2-3-5-17(12)18(11-20)19-15-7-13-6-14(9-15)10-16(19)8-13/h2-5,13-16,18-19H,6-10H2,1H3. The first-order valence-corrected chi connectivity index (χ1v) is 8.21. The molecule has 104 valence electrons. The average Bonchev–Trinajstić information content (AvgIpc) is 2.43. The van der Waals surface area contributed by atoms with E-state index in [0.717, 1.165) is 23.7 Å². The van der Waals surface area contributed by atoms with Gasteiger partial charge in [-0.05, 0) is 79.7 Å². The normalized spacial score (nSPS) is 39.5. The number of nitrogens with zero attached hydrogens (tertiary/aromatic N) is 1. The third kappa shape index (κ3) is 1.81. The van der Waals surface area contributed by atoms with Crippen molar-refractivity contribution in [2.75, 3.05) is 0 Å². The molecule has 4 fully saturated rings. The molecule has 20 heavy (non-hydrogen) atoms. The molecule has 0 saturated heterocycles. The third-order valence-electron chi connectivity index (χ3n) is 6.35. The van der Waals surface area contributed by atoms with E-state index in [1.807, 2.05) is 0 Å². The van der Waals surface area contributed by atoms with E-state index in [4.69, 9.17) is 0 Å². The topological polar surface area (TPSA) is 23.8 Å². The van der Waals surface area contributed by atoms with Crippen LogP contribution in [0.5, 0.6) is 0 Å². The molecule has 0 amide bonds. The Morgan fingerprint density at radius 2 is 1.60 bits per heavy atom. The Balaban J connectivity index is 1.69. The van der Waals surface area contributed by atoms with E-state index in [1.54, 1.807) is 0 Å². The number of aryl methyl sites for hydroxylation is 1. The highest BCUT2D eigenvalue weighted by molar-refractivity contribution is 5.34. The molecule has 0 spiro atoms. The minimum Gasteiger partial charge on any atom is -0.198 e. The number of hydrogen-bond donors (Lipinski definition) is 0. The Kier molecular flexibility index (Phi) is 2.88. The van der Waals surface area contributed by atoms with E-state index >= 15 is 0 Å². The van der Waals surface area contributed by atoms with Crippen LogP contribution in [-0.2, 0) is 0 Å². The molecule has 1 unspecified atom stereocenters. The second kappa shape index (κ2) is 4.62. The van der Waals surface area contributed by atoms with Crippen molar-refractivity contribution in [2.24, 2.45) is 29.6 Å². The van der Waals surface area contributed by atoms with Crippen LogP contribution in [0.1, 0.15) is 49.1 Å². The summed E-state index contributed by atoms with van der Waals surface area (Å²) in [6, 6.07) is 11.2. The maximum Gasteiger partial charge on any atom is 0.0748 e. The predicted octanol–water partition coefficient (Wildman–Crippen LogP) is 4.67. The quantitative estimate of drug-likeness (QED) is 0.762. The highest BCUT2D eigenvalue weighted by Gasteiger charge is 2.50. The molecule has 0 aromatic heterocycles. The average molecular weight is 265 g/mol. The zero-order chi connectivity index (χ0) is 13.7.